The molecule has 2 heterocycles. The molecule has 0 amide bonds. The third kappa shape index (κ3) is 2.44. The number of rotatable bonds is 4. The Morgan fingerprint density at radius 1 is 1.59 bits per heavy atom. The molecule has 1 N–H and O–H groups in total. The molecule has 2 aromatic rings. The number of ether oxygens (including phenoxy) is 1. The summed E-state index contributed by atoms with van der Waals surface area (Å²) in [5.41, 5.74) is 0.431. The zero-order chi connectivity index (χ0) is 12.3. The van der Waals surface area contributed by atoms with Gasteiger partial charge in [-0.05, 0) is 6.92 Å². The minimum Gasteiger partial charge on any atom is -0.465 e. The summed E-state index contributed by atoms with van der Waals surface area (Å²) in [6.07, 6.45) is 3.17. The number of nitrogens with zero attached hydrogens (tertiary/aromatic N) is 4. The predicted octanol–water partition coefficient (Wildman–Crippen LogP) is 0.753. The standard InChI is InChI=1S/C9H10ClN5O2/c1-2-17-6(16)5-12-9-14-13-8-7(10)11-3-4-15(8)9/h3-4H,2,5H2,1H3,(H,12,14). The molecular weight excluding hydrogens is 246 g/mol. The van der Waals surface area contributed by atoms with Crippen LogP contribution >= 0.6 is 11.6 Å². The van der Waals surface area contributed by atoms with Crippen LogP contribution in [0.1, 0.15) is 6.92 Å². The molecule has 90 valence electrons. The molecule has 0 aliphatic rings. The lowest BCUT2D eigenvalue weighted by Gasteiger charge is -2.03. The number of anilines is 1. The summed E-state index contributed by atoms with van der Waals surface area (Å²) in [5.74, 6) is 0.0572. The Balaban J connectivity index is 2.14. The van der Waals surface area contributed by atoms with E-state index in [9.17, 15) is 4.79 Å². The van der Waals surface area contributed by atoms with Crippen molar-refractivity contribution >= 4 is 29.2 Å². The minimum absolute atomic E-state index is 0.0224. The maximum absolute atomic E-state index is 11.2. The topological polar surface area (TPSA) is 81.4 Å². The van der Waals surface area contributed by atoms with Gasteiger partial charge in [-0.3, -0.25) is 9.20 Å². The normalized spacial score (nSPS) is 10.5. The van der Waals surface area contributed by atoms with Crippen LogP contribution in [0.2, 0.25) is 5.15 Å². The van der Waals surface area contributed by atoms with E-state index in [0.29, 0.717) is 18.2 Å². The zero-order valence-electron chi connectivity index (χ0n) is 9.05. The Morgan fingerprint density at radius 2 is 2.41 bits per heavy atom. The molecule has 0 bridgehead atoms. The predicted molar refractivity (Wildman–Crippen MR) is 60.9 cm³/mol. The van der Waals surface area contributed by atoms with E-state index in [2.05, 4.69) is 20.5 Å². The van der Waals surface area contributed by atoms with E-state index in [4.69, 9.17) is 16.3 Å². The Bertz CT molecular complexity index is 541. The zero-order valence-corrected chi connectivity index (χ0v) is 9.81. The van der Waals surface area contributed by atoms with Crippen LogP contribution in [0, 0.1) is 0 Å². The smallest absolute Gasteiger partial charge is 0.325 e. The average molecular weight is 256 g/mol. The van der Waals surface area contributed by atoms with Gasteiger partial charge in [0.2, 0.25) is 5.95 Å². The van der Waals surface area contributed by atoms with Crippen LogP contribution < -0.4 is 5.32 Å². The number of fused-ring (bicyclic) bond motifs is 1. The van der Waals surface area contributed by atoms with Crippen molar-refractivity contribution in [2.75, 3.05) is 18.5 Å². The molecule has 0 aromatic carbocycles. The number of carbonyl (C=O) groups excluding carboxylic acids is 1. The number of hydrogen-bond donors (Lipinski definition) is 1. The number of halogens is 1. The van der Waals surface area contributed by atoms with Crippen LogP contribution in [0.3, 0.4) is 0 Å². The fourth-order valence-electron chi connectivity index (χ4n) is 1.28. The van der Waals surface area contributed by atoms with Crippen LogP contribution in [0.5, 0.6) is 0 Å². The summed E-state index contributed by atoms with van der Waals surface area (Å²) in [7, 11) is 0. The highest BCUT2D eigenvalue weighted by atomic mass is 35.5. The van der Waals surface area contributed by atoms with Gasteiger partial charge in [0.1, 0.15) is 6.54 Å². The number of hydrogen-bond acceptors (Lipinski definition) is 6. The van der Waals surface area contributed by atoms with Crippen molar-refractivity contribution in [2.24, 2.45) is 0 Å². The van der Waals surface area contributed by atoms with Gasteiger partial charge in [-0.1, -0.05) is 11.6 Å². The third-order valence-electron chi connectivity index (χ3n) is 1.98. The highest BCUT2D eigenvalue weighted by molar-refractivity contribution is 6.32. The van der Waals surface area contributed by atoms with Crippen LogP contribution in [-0.2, 0) is 9.53 Å². The Labute approximate surface area is 102 Å². The largest absolute Gasteiger partial charge is 0.465 e. The summed E-state index contributed by atoms with van der Waals surface area (Å²) >= 11 is 5.83. The molecule has 0 saturated heterocycles. The van der Waals surface area contributed by atoms with E-state index >= 15 is 0 Å². The molecule has 0 unspecified atom stereocenters. The van der Waals surface area contributed by atoms with Gasteiger partial charge in [-0.2, -0.15) is 0 Å². The molecule has 2 aromatic heterocycles. The highest BCUT2D eigenvalue weighted by Crippen LogP contribution is 2.14. The molecule has 0 aliphatic heterocycles. The molecule has 0 saturated carbocycles. The van der Waals surface area contributed by atoms with Gasteiger partial charge >= 0.3 is 5.97 Å². The third-order valence-corrected chi connectivity index (χ3v) is 2.25. The Hall–Kier alpha value is -1.89. The first-order valence-corrected chi connectivity index (χ1v) is 5.35. The molecule has 2 rings (SSSR count). The summed E-state index contributed by atoms with van der Waals surface area (Å²) in [6.45, 7) is 2.11. The number of esters is 1. The van der Waals surface area contributed by atoms with Crippen molar-refractivity contribution in [2.45, 2.75) is 6.92 Å². The lowest BCUT2D eigenvalue weighted by molar-refractivity contribution is -0.140. The first-order valence-electron chi connectivity index (χ1n) is 4.97. The summed E-state index contributed by atoms with van der Waals surface area (Å²) in [5, 5.41) is 10.8. The quantitative estimate of drug-likeness (QED) is 0.812. The Kier molecular flexibility index (Phi) is 3.38. The second-order valence-electron chi connectivity index (χ2n) is 3.09. The van der Waals surface area contributed by atoms with E-state index in [1.54, 1.807) is 17.5 Å². The van der Waals surface area contributed by atoms with Crippen molar-refractivity contribution in [3.63, 3.8) is 0 Å². The lowest BCUT2D eigenvalue weighted by atomic mass is 10.6. The van der Waals surface area contributed by atoms with Crippen LogP contribution in [0.4, 0.5) is 5.95 Å². The van der Waals surface area contributed by atoms with Crippen molar-refractivity contribution < 1.29 is 9.53 Å². The minimum atomic E-state index is -0.357. The SMILES string of the molecule is CCOC(=O)CNc1nnc2c(Cl)nccn12. The van der Waals surface area contributed by atoms with Gasteiger partial charge in [0, 0.05) is 12.4 Å². The second-order valence-corrected chi connectivity index (χ2v) is 3.45. The molecule has 8 heteroatoms. The monoisotopic (exact) mass is 255 g/mol. The Morgan fingerprint density at radius 3 is 3.18 bits per heavy atom. The van der Waals surface area contributed by atoms with Crippen molar-refractivity contribution in [3.05, 3.63) is 17.5 Å². The fourth-order valence-corrected chi connectivity index (χ4v) is 1.47. The van der Waals surface area contributed by atoms with Crippen molar-refractivity contribution in [3.8, 4) is 0 Å². The van der Waals surface area contributed by atoms with Gasteiger partial charge in [0.05, 0.1) is 6.61 Å². The van der Waals surface area contributed by atoms with E-state index < -0.39 is 0 Å². The van der Waals surface area contributed by atoms with Crippen LogP contribution in [-0.4, -0.2) is 38.7 Å². The number of nitrogens with one attached hydrogen (secondary N) is 1. The van der Waals surface area contributed by atoms with Crippen molar-refractivity contribution in [1.29, 1.82) is 0 Å². The van der Waals surface area contributed by atoms with Gasteiger partial charge in [-0.25, -0.2) is 4.98 Å². The van der Waals surface area contributed by atoms with E-state index in [0.717, 1.165) is 0 Å². The van der Waals surface area contributed by atoms with E-state index in [-0.39, 0.29) is 17.7 Å². The number of aromatic nitrogens is 4. The first-order chi connectivity index (χ1) is 8.22. The highest BCUT2D eigenvalue weighted by Gasteiger charge is 2.09. The molecule has 7 nitrogen and oxygen atoms in total. The molecule has 0 aliphatic carbocycles. The molecule has 0 atom stereocenters. The number of carbonyl (C=O) groups is 1. The summed E-state index contributed by atoms with van der Waals surface area (Å²) in [6, 6.07) is 0. The molecule has 0 spiro atoms. The van der Waals surface area contributed by atoms with Gasteiger partial charge in [0.25, 0.3) is 0 Å². The summed E-state index contributed by atoms with van der Waals surface area (Å²) < 4.78 is 6.38. The molecule has 17 heavy (non-hydrogen) atoms. The van der Waals surface area contributed by atoms with Crippen molar-refractivity contribution in [1.82, 2.24) is 19.6 Å². The molecule has 0 fully saturated rings. The van der Waals surface area contributed by atoms with Crippen LogP contribution in [0.25, 0.3) is 5.65 Å². The lowest BCUT2D eigenvalue weighted by Crippen LogP contribution is -2.18. The second kappa shape index (κ2) is 4.96. The fraction of sp³-hybridized carbons (Fsp3) is 0.333. The maximum atomic E-state index is 11.2. The van der Waals surface area contributed by atoms with Gasteiger partial charge in [0.15, 0.2) is 10.8 Å². The molecular formula is C9H10ClN5O2. The first kappa shape index (κ1) is 11.6. The summed E-state index contributed by atoms with van der Waals surface area (Å²) in [4.78, 5) is 15.0. The van der Waals surface area contributed by atoms with Gasteiger partial charge in [-0.15, -0.1) is 10.2 Å². The maximum Gasteiger partial charge on any atom is 0.325 e. The van der Waals surface area contributed by atoms with Crippen LogP contribution in [0.15, 0.2) is 12.4 Å². The van der Waals surface area contributed by atoms with Gasteiger partial charge < -0.3 is 10.1 Å². The van der Waals surface area contributed by atoms with E-state index in [1.807, 2.05) is 0 Å². The van der Waals surface area contributed by atoms with E-state index in [1.165, 1.54) is 6.20 Å². The molecule has 0 radical (unpaired) electrons. The average Bonchev–Trinajstić information content (AvgIpc) is 2.72.